The fourth-order valence-corrected chi connectivity index (χ4v) is 3.55. The lowest BCUT2D eigenvalue weighted by Crippen LogP contribution is -2.25. The zero-order valence-electron chi connectivity index (χ0n) is 9.05. The smallest absolute Gasteiger partial charge is 0.304 e. The Hall–Kier alpha value is -1.67. The minimum absolute atomic E-state index is 0.0221. The van der Waals surface area contributed by atoms with Crippen molar-refractivity contribution < 1.29 is 9.90 Å². The second-order valence-corrected chi connectivity index (χ2v) is 5.74. The first-order valence-electron chi connectivity index (χ1n) is 5.15. The SMILES string of the molecule is O=C(O)CC1Sc2nncn2N=C1c1cccs1. The number of carboxylic acids is 1. The largest absolute Gasteiger partial charge is 0.481 e. The van der Waals surface area contributed by atoms with Crippen molar-refractivity contribution in [3.8, 4) is 0 Å². The molecule has 0 saturated heterocycles. The Balaban J connectivity index is 2.02. The fraction of sp³-hybridized carbons (Fsp3) is 0.200. The van der Waals surface area contributed by atoms with Crippen LogP contribution in [0.25, 0.3) is 0 Å². The van der Waals surface area contributed by atoms with E-state index >= 15 is 0 Å². The van der Waals surface area contributed by atoms with E-state index in [4.69, 9.17) is 5.11 Å². The summed E-state index contributed by atoms with van der Waals surface area (Å²) in [5.41, 5.74) is 0.768. The molecular weight excluding hydrogens is 272 g/mol. The predicted molar refractivity (Wildman–Crippen MR) is 68.2 cm³/mol. The maximum atomic E-state index is 10.9. The van der Waals surface area contributed by atoms with Gasteiger partial charge in [0.1, 0.15) is 6.33 Å². The number of hydrogen-bond acceptors (Lipinski definition) is 6. The summed E-state index contributed by atoms with van der Waals surface area (Å²) in [6.45, 7) is 0. The van der Waals surface area contributed by atoms with Gasteiger partial charge in [-0.2, -0.15) is 9.78 Å². The highest BCUT2D eigenvalue weighted by atomic mass is 32.2. The van der Waals surface area contributed by atoms with Crippen LogP contribution in [-0.2, 0) is 4.79 Å². The van der Waals surface area contributed by atoms with Crippen molar-refractivity contribution in [3.05, 3.63) is 28.7 Å². The number of fused-ring (bicyclic) bond motifs is 1. The van der Waals surface area contributed by atoms with Crippen LogP contribution in [0.3, 0.4) is 0 Å². The van der Waals surface area contributed by atoms with Gasteiger partial charge in [0.15, 0.2) is 0 Å². The summed E-state index contributed by atoms with van der Waals surface area (Å²) in [6.07, 6.45) is 1.54. The summed E-state index contributed by atoms with van der Waals surface area (Å²) in [5.74, 6) is -0.843. The van der Waals surface area contributed by atoms with Gasteiger partial charge < -0.3 is 5.11 Å². The van der Waals surface area contributed by atoms with Gasteiger partial charge in [0.2, 0.25) is 5.16 Å². The van der Waals surface area contributed by atoms with Crippen LogP contribution in [0.5, 0.6) is 0 Å². The van der Waals surface area contributed by atoms with E-state index in [2.05, 4.69) is 15.3 Å². The van der Waals surface area contributed by atoms with Crippen LogP contribution in [0.4, 0.5) is 0 Å². The van der Waals surface area contributed by atoms with Crippen molar-refractivity contribution in [2.24, 2.45) is 5.10 Å². The van der Waals surface area contributed by atoms with Crippen LogP contribution in [-0.4, -0.2) is 36.9 Å². The molecule has 2 aromatic heterocycles. The third-order valence-corrected chi connectivity index (χ3v) is 4.45. The number of thioether (sulfide) groups is 1. The molecule has 18 heavy (non-hydrogen) atoms. The minimum Gasteiger partial charge on any atom is -0.481 e. The minimum atomic E-state index is -0.843. The summed E-state index contributed by atoms with van der Waals surface area (Å²) in [6, 6.07) is 3.86. The molecule has 3 heterocycles. The van der Waals surface area contributed by atoms with E-state index in [1.165, 1.54) is 18.1 Å². The zero-order valence-corrected chi connectivity index (χ0v) is 10.7. The van der Waals surface area contributed by atoms with Crippen LogP contribution in [0.1, 0.15) is 11.3 Å². The molecule has 0 fully saturated rings. The molecule has 1 unspecified atom stereocenters. The number of nitrogens with zero attached hydrogens (tertiary/aromatic N) is 4. The monoisotopic (exact) mass is 280 g/mol. The van der Waals surface area contributed by atoms with E-state index in [9.17, 15) is 4.79 Å². The zero-order chi connectivity index (χ0) is 12.5. The summed E-state index contributed by atoms with van der Waals surface area (Å²) in [4.78, 5) is 11.9. The Morgan fingerprint density at radius 1 is 1.56 bits per heavy atom. The topological polar surface area (TPSA) is 80.4 Å². The lowest BCUT2D eigenvalue weighted by atomic mass is 10.1. The molecule has 1 aliphatic heterocycles. The van der Waals surface area contributed by atoms with Gasteiger partial charge >= 0.3 is 5.97 Å². The van der Waals surface area contributed by atoms with Gasteiger partial charge in [-0.05, 0) is 11.4 Å². The van der Waals surface area contributed by atoms with E-state index in [1.807, 2.05) is 17.5 Å². The number of carboxylic acid groups (broad SMARTS) is 1. The highest BCUT2D eigenvalue weighted by Gasteiger charge is 2.29. The molecule has 6 nitrogen and oxygen atoms in total. The molecule has 0 aromatic carbocycles. The molecule has 0 aliphatic carbocycles. The maximum Gasteiger partial charge on any atom is 0.304 e. The van der Waals surface area contributed by atoms with Crippen molar-refractivity contribution in [2.75, 3.05) is 0 Å². The van der Waals surface area contributed by atoms with Crippen molar-refractivity contribution >= 4 is 34.8 Å². The van der Waals surface area contributed by atoms with E-state index in [-0.39, 0.29) is 11.7 Å². The third kappa shape index (κ3) is 2.04. The summed E-state index contributed by atoms with van der Waals surface area (Å²) in [7, 11) is 0. The Bertz CT molecular complexity index is 605. The van der Waals surface area contributed by atoms with E-state index in [0.717, 1.165) is 10.6 Å². The van der Waals surface area contributed by atoms with Crippen LogP contribution in [0.15, 0.2) is 34.1 Å². The number of thiophene rings is 1. The molecule has 92 valence electrons. The first kappa shape index (κ1) is 11.4. The second-order valence-electron chi connectivity index (χ2n) is 3.62. The standard InChI is InChI=1S/C10H8N4O2S2/c15-8(16)4-7-9(6-2-1-3-17-6)13-14-5-11-12-10(14)18-7/h1-3,5,7H,4H2,(H,15,16). The number of aliphatic carboxylic acids is 1. The molecule has 0 spiro atoms. The van der Waals surface area contributed by atoms with Crippen molar-refractivity contribution in [2.45, 2.75) is 16.8 Å². The number of carbonyl (C=O) groups is 1. The Morgan fingerprint density at radius 3 is 3.17 bits per heavy atom. The molecule has 0 radical (unpaired) electrons. The first-order chi connectivity index (χ1) is 8.74. The van der Waals surface area contributed by atoms with Gasteiger partial charge in [-0.1, -0.05) is 17.8 Å². The van der Waals surface area contributed by atoms with E-state index in [0.29, 0.717) is 5.16 Å². The van der Waals surface area contributed by atoms with Crippen LogP contribution >= 0.6 is 23.1 Å². The molecule has 0 bridgehead atoms. The average Bonchev–Trinajstić information content (AvgIpc) is 2.97. The van der Waals surface area contributed by atoms with Crippen molar-refractivity contribution in [1.29, 1.82) is 0 Å². The van der Waals surface area contributed by atoms with Crippen molar-refractivity contribution in [3.63, 3.8) is 0 Å². The molecule has 1 atom stereocenters. The van der Waals surface area contributed by atoms with Gasteiger partial charge in [0.25, 0.3) is 0 Å². The average molecular weight is 280 g/mol. The molecule has 1 N–H and O–H groups in total. The van der Waals surface area contributed by atoms with E-state index < -0.39 is 5.97 Å². The Labute approximate surface area is 110 Å². The Morgan fingerprint density at radius 2 is 2.44 bits per heavy atom. The van der Waals surface area contributed by atoms with Gasteiger partial charge in [-0.3, -0.25) is 4.79 Å². The summed E-state index contributed by atoms with van der Waals surface area (Å²) in [5, 5.41) is 23.4. The van der Waals surface area contributed by atoms with Crippen molar-refractivity contribution in [1.82, 2.24) is 14.9 Å². The Kier molecular flexibility index (Phi) is 2.88. The van der Waals surface area contributed by atoms with Crippen LogP contribution in [0, 0.1) is 0 Å². The lowest BCUT2D eigenvalue weighted by Gasteiger charge is -2.19. The number of hydrogen-bond donors (Lipinski definition) is 1. The molecule has 1 aliphatic rings. The van der Waals surface area contributed by atoms with Crippen LogP contribution in [0.2, 0.25) is 0 Å². The number of rotatable bonds is 3. The maximum absolute atomic E-state index is 10.9. The molecule has 0 amide bonds. The fourth-order valence-electron chi connectivity index (χ4n) is 1.66. The third-order valence-electron chi connectivity index (χ3n) is 2.40. The molecular formula is C10H8N4O2S2. The lowest BCUT2D eigenvalue weighted by molar-refractivity contribution is -0.136. The molecule has 0 saturated carbocycles. The number of aromatic nitrogens is 3. The second kappa shape index (κ2) is 4.54. The summed E-state index contributed by atoms with van der Waals surface area (Å²) >= 11 is 2.93. The van der Waals surface area contributed by atoms with Crippen LogP contribution < -0.4 is 0 Å². The van der Waals surface area contributed by atoms with Gasteiger partial charge in [0.05, 0.1) is 22.3 Å². The normalized spacial score (nSPS) is 18.2. The van der Waals surface area contributed by atoms with E-state index in [1.54, 1.807) is 16.0 Å². The highest BCUT2D eigenvalue weighted by molar-refractivity contribution is 8.00. The molecule has 8 heteroatoms. The first-order valence-corrected chi connectivity index (χ1v) is 6.91. The molecule has 2 aromatic rings. The predicted octanol–water partition coefficient (Wildman–Crippen LogP) is 1.54. The van der Waals surface area contributed by atoms with Gasteiger partial charge in [0, 0.05) is 0 Å². The molecule has 3 rings (SSSR count). The summed E-state index contributed by atoms with van der Waals surface area (Å²) < 4.78 is 1.58. The van der Waals surface area contributed by atoms with Gasteiger partial charge in [-0.15, -0.1) is 21.5 Å². The quantitative estimate of drug-likeness (QED) is 0.922. The van der Waals surface area contributed by atoms with Gasteiger partial charge in [-0.25, -0.2) is 0 Å². The highest BCUT2D eigenvalue weighted by Crippen LogP contribution is 2.32.